The number of ether oxygens (including phenoxy) is 3. The zero-order chi connectivity index (χ0) is 44.7. The SMILES string of the molecule is CCCCCCCCCCCCCC(=O)OC[C@H](COC(=O)CCCCCCCCCCCCCCCC(C)C)OC(=O)CCCCCCCCCCCCCCCC(C)C. The fraction of sp³-hybridized carbons (Fsp3) is 0.945. The Bertz CT molecular complexity index is 931. The Kier molecular flexibility index (Phi) is 46.6. The molecule has 0 amide bonds. The van der Waals surface area contributed by atoms with E-state index in [2.05, 4.69) is 34.6 Å². The smallest absolute Gasteiger partial charge is 0.306 e. The summed E-state index contributed by atoms with van der Waals surface area (Å²) < 4.78 is 16.8. The Morgan fingerprint density at radius 3 is 0.803 bits per heavy atom. The first-order chi connectivity index (χ1) is 29.7. The van der Waals surface area contributed by atoms with Gasteiger partial charge in [0.1, 0.15) is 13.2 Å². The summed E-state index contributed by atoms with van der Waals surface area (Å²) in [6.07, 6.45) is 49.4. The van der Waals surface area contributed by atoms with Crippen molar-refractivity contribution in [1.29, 1.82) is 0 Å². The molecule has 0 aliphatic rings. The van der Waals surface area contributed by atoms with Crippen molar-refractivity contribution >= 4 is 17.9 Å². The summed E-state index contributed by atoms with van der Waals surface area (Å²) >= 11 is 0. The van der Waals surface area contributed by atoms with E-state index in [9.17, 15) is 14.4 Å². The summed E-state index contributed by atoms with van der Waals surface area (Å²) in [5.41, 5.74) is 0. The molecule has 0 unspecified atom stereocenters. The first-order valence-electron chi connectivity index (χ1n) is 27.2. The van der Waals surface area contributed by atoms with Gasteiger partial charge in [-0.25, -0.2) is 0 Å². The third-order valence-electron chi connectivity index (χ3n) is 12.5. The van der Waals surface area contributed by atoms with Crippen LogP contribution in [-0.2, 0) is 28.6 Å². The molecule has 0 rings (SSSR count). The minimum atomic E-state index is -0.761. The molecule has 0 aromatic rings. The highest BCUT2D eigenvalue weighted by atomic mass is 16.6. The molecule has 0 heterocycles. The number of carbonyl (C=O) groups is 3. The van der Waals surface area contributed by atoms with Crippen molar-refractivity contribution < 1.29 is 28.6 Å². The molecule has 0 saturated carbocycles. The molecule has 61 heavy (non-hydrogen) atoms. The number of hydrogen-bond donors (Lipinski definition) is 0. The van der Waals surface area contributed by atoms with E-state index in [1.807, 2.05) is 0 Å². The van der Waals surface area contributed by atoms with E-state index in [0.29, 0.717) is 19.3 Å². The van der Waals surface area contributed by atoms with Crippen LogP contribution in [0.25, 0.3) is 0 Å². The van der Waals surface area contributed by atoms with Crippen LogP contribution in [0.5, 0.6) is 0 Å². The number of hydrogen-bond acceptors (Lipinski definition) is 6. The molecule has 0 spiro atoms. The van der Waals surface area contributed by atoms with Crippen LogP contribution >= 0.6 is 0 Å². The molecule has 0 bridgehead atoms. The summed E-state index contributed by atoms with van der Waals surface area (Å²) in [5.74, 6) is 0.834. The maximum atomic E-state index is 12.8. The quantitative estimate of drug-likeness (QED) is 0.0344. The molecule has 0 fully saturated rings. The third-order valence-corrected chi connectivity index (χ3v) is 12.5. The molecule has 0 aliphatic heterocycles. The second-order valence-corrected chi connectivity index (χ2v) is 19.8. The standard InChI is InChI=1S/C55H106O6/c1-6-7-8-9-10-11-18-25-30-35-40-45-53(56)59-48-52(61-55(58)47-42-37-32-27-22-17-13-15-20-24-29-34-39-44-51(4)5)49-60-54(57)46-41-36-31-26-21-16-12-14-19-23-28-33-38-43-50(2)3/h50-52H,6-49H2,1-5H3/t52-/m1/s1. The molecule has 6 nitrogen and oxygen atoms in total. The lowest BCUT2D eigenvalue weighted by molar-refractivity contribution is -0.167. The first-order valence-corrected chi connectivity index (χ1v) is 27.2. The van der Waals surface area contributed by atoms with Crippen LogP contribution in [0.15, 0.2) is 0 Å². The predicted molar refractivity (Wildman–Crippen MR) is 261 cm³/mol. The molecular weight excluding hydrogens is 757 g/mol. The monoisotopic (exact) mass is 863 g/mol. The van der Waals surface area contributed by atoms with Crippen LogP contribution in [0.1, 0.15) is 304 Å². The lowest BCUT2D eigenvalue weighted by Crippen LogP contribution is -2.30. The van der Waals surface area contributed by atoms with Crippen LogP contribution in [-0.4, -0.2) is 37.2 Å². The van der Waals surface area contributed by atoms with Gasteiger partial charge in [0.25, 0.3) is 0 Å². The summed E-state index contributed by atoms with van der Waals surface area (Å²) in [4.78, 5) is 38.0. The molecule has 0 aliphatic carbocycles. The average Bonchev–Trinajstić information content (AvgIpc) is 3.23. The number of rotatable bonds is 49. The predicted octanol–water partition coefficient (Wildman–Crippen LogP) is 17.7. The third kappa shape index (κ3) is 49.3. The molecule has 1 atom stereocenters. The maximum absolute atomic E-state index is 12.8. The summed E-state index contributed by atoms with van der Waals surface area (Å²) in [6, 6.07) is 0. The Labute approximate surface area is 380 Å². The van der Waals surface area contributed by atoms with Crippen molar-refractivity contribution in [3.05, 3.63) is 0 Å². The zero-order valence-corrected chi connectivity index (χ0v) is 41.8. The summed E-state index contributed by atoms with van der Waals surface area (Å²) in [6.45, 7) is 11.4. The Hall–Kier alpha value is -1.59. The number of carbonyl (C=O) groups excluding carboxylic acids is 3. The molecule has 0 aromatic carbocycles. The van der Waals surface area contributed by atoms with Crippen LogP contribution in [0.4, 0.5) is 0 Å². The number of unbranched alkanes of at least 4 members (excludes halogenated alkanes) is 34. The van der Waals surface area contributed by atoms with Crippen molar-refractivity contribution in [2.45, 2.75) is 310 Å². The van der Waals surface area contributed by atoms with Gasteiger partial charge >= 0.3 is 17.9 Å². The number of esters is 3. The van der Waals surface area contributed by atoms with Crippen molar-refractivity contribution in [3.8, 4) is 0 Å². The lowest BCUT2D eigenvalue weighted by atomic mass is 10.0. The second-order valence-electron chi connectivity index (χ2n) is 19.8. The molecule has 0 N–H and O–H groups in total. The van der Waals surface area contributed by atoms with Gasteiger partial charge in [0, 0.05) is 19.3 Å². The van der Waals surface area contributed by atoms with Crippen LogP contribution in [0, 0.1) is 11.8 Å². The molecule has 0 radical (unpaired) electrons. The van der Waals surface area contributed by atoms with E-state index in [0.717, 1.165) is 69.6 Å². The van der Waals surface area contributed by atoms with Crippen molar-refractivity contribution in [1.82, 2.24) is 0 Å². The van der Waals surface area contributed by atoms with Gasteiger partial charge in [-0.2, -0.15) is 0 Å². The average molecular weight is 863 g/mol. The highest BCUT2D eigenvalue weighted by molar-refractivity contribution is 5.71. The first kappa shape index (κ1) is 59.4. The van der Waals surface area contributed by atoms with Gasteiger partial charge < -0.3 is 14.2 Å². The van der Waals surface area contributed by atoms with Crippen molar-refractivity contribution in [2.24, 2.45) is 11.8 Å². The van der Waals surface area contributed by atoms with Crippen LogP contribution < -0.4 is 0 Å². The lowest BCUT2D eigenvalue weighted by Gasteiger charge is -2.18. The van der Waals surface area contributed by atoms with Gasteiger partial charge in [-0.15, -0.1) is 0 Å². The van der Waals surface area contributed by atoms with Gasteiger partial charge in [-0.3, -0.25) is 14.4 Å². The van der Waals surface area contributed by atoms with Gasteiger partial charge in [0.05, 0.1) is 0 Å². The molecule has 0 aromatic heterocycles. The van der Waals surface area contributed by atoms with E-state index < -0.39 is 6.10 Å². The van der Waals surface area contributed by atoms with E-state index in [1.54, 1.807) is 0 Å². The fourth-order valence-corrected chi connectivity index (χ4v) is 8.34. The van der Waals surface area contributed by atoms with Gasteiger partial charge in [0.2, 0.25) is 0 Å². The molecule has 6 heteroatoms. The van der Waals surface area contributed by atoms with E-state index in [-0.39, 0.29) is 31.1 Å². The van der Waals surface area contributed by atoms with Crippen LogP contribution in [0.2, 0.25) is 0 Å². The van der Waals surface area contributed by atoms with E-state index >= 15 is 0 Å². The van der Waals surface area contributed by atoms with Crippen molar-refractivity contribution in [2.75, 3.05) is 13.2 Å². The molecule has 362 valence electrons. The van der Waals surface area contributed by atoms with Gasteiger partial charge in [-0.05, 0) is 31.1 Å². The van der Waals surface area contributed by atoms with Gasteiger partial charge in [-0.1, -0.05) is 266 Å². The van der Waals surface area contributed by atoms with Gasteiger partial charge in [0.15, 0.2) is 6.10 Å². The second kappa shape index (κ2) is 47.9. The minimum Gasteiger partial charge on any atom is -0.462 e. The molecular formula is C55H106O6. The summed E-state index contributed by atoms with van der Waals surface area (Å²) in [7, 11) is 0. The zero-order valence-electron chi connectivity index (χ0n) is 41.8. The van der Waals surface area contributed by atoms with Crippen LogP contribution in [0.3, 0.4) is 0 Å². The Morgan fingerprint density at radius 1 is 0.311 bits per heavy atom. The highest BCUT2D eigenvalue weighted by Crippen LogP contribution is 2.18. The van der Waals surface area contributed by atoms with E-state index in [1.165, 1.54) is 193 Å². The largest absolute Gasteiger partial charge is 0.462 e. The van der Waals surface area contributed by atoms with Crippen molar-refractivity contribution in [3.63, 3.8) is 0 Å². The van der Waals surface area contributed by atoms with E-state index in [4.69, 9.17) is 14.2 Å². The Balaban J connectivity index is 4.29. The maximum Gasteiger partial charge on any atom is 0.306 e. The topological polar surface area (TPSA) is 78.9 Å². The Morgan fingerprint density at radius 2 is 0.541 bits per heavy atom. The summed E-state index contributed by atoms with van der Waals surface area (Å²) in [5, 5.41) is 0. The normalized spacial score (nSPS) is 12.0. The molecule has 0 saturated heterocycles. The minimum absolute atomic E-state index is 0.0631. The highest BCUT2D eigenvalue weighted by Gasteiger charge is 2.19. The fourth-order valence-electron chi connectivity index (χ4n) is 8.34.